The van der Waals surface area contributed by atoms with Gasteiger partial charge in [-0.25, -0.2) is 0 Å². The predicted octanol–water partition coefficient (Wildman–Crippen LogP) is 4.59. The van der Waals surface area contributed by atoms with Crippen molar-refractivity contribution in [3.05, 3.63) is 57.6 Å². The molecule has 0 aromatic heterocycles. The van der Waals surface area contributed by atoms with Gasteiger partial charge in [-0.2, -0.15) is 0 Å². The van der Waals surface area contributed by atoms with Crippen molar-refractivity contribution in [1.82, 2.24) is 0 Å². The molecule has 2 nitrogen and oxygen atoms in total. The smallest absolute Gasteiger partial charge is 0.133 e. The molecule has 2 aromatic carbocycles. The van der Waals surface area contributed by atoms with Crippen LogP contribution in [0.1, 0.15) is 11.1 Å². The van der Waals surface area contributed by atoms with E-state index in [9.17, 15) is 5.11 Å². The van der Waals surface area contributed by atoms with E-state index in [2.05, 4.69) is 0 Å². The van der Waals surface area contributed by atoms with Gasteiger partial charge in [0, 0.05) is 15.6 Å². The van der Waals surface area contributed by atoms with Crippen LogP contribution in [0.25, 0.3) is 0 Å². The summed E-state index contributed by atoms with van der Waals surface area (Å²) >= 11 is 11.8. The molecule has 0 fully saturated rings. The molecule has 0 aliphatic rings. The minimum atomic E-state index is -0.123. The maximum atomic E-state index is 9.26. The van der Waals surface area contributed by atoms with Crippen molar-refractivity contribution in [3.8, 4) is 11.5 Å². The van der Waals surface area contributed by atoms with Crippen LogP contribution in [0.3, 0.4) is 0 Å². The number of aliphatic hydroxyl groups is 1. The second kappa shape index (κ2) is 5.61. The highest BCUT2D eigenvalue weighted by Gasteiger charge is 2.06. The highest BCUT2D eigenvalue weighted by Crippen LogP contribution is 2.29. The Morgan fingerprint density at radius 3 is 2.56 bits per heavy atom. The number of ether oxygens (including phenoxy) is 1. The molecule has 4 heteroatoms. The van der Waals surface area contributed by atoms with Crippen molar-refractivity contribution < 1.29 is 9.84 Å². The van der Waals surface area contributed by atoms with Crippen molar-refractivity contribution >= 4 is 23.2 Å². The first-order chi connectivity index (χ1) is 8.60. The molecule has 0 saturated carbocycles. The quantitative estimate of drug-likeness (QED) is 0.893. The van der Waals surface area contributed by atoms with Gasteiger partial charge in [-0.3, -0.25) is 0 Å². The first-order valence-electron chi connectivity index (χ1n) is 5.43. The first-order valence-corrected chi connectivity index (χ1v) is 6.19. The third-order valence-electron chi connectivity index (χ3n) is 2.55. The lowest BCUT2D eigenvalue weighted by atomic mass is 10.2. The maximum Gasteiger partial charge on any atom is 0.133 e. The molecule has 0 saturated heterocycles. The molecular formula is C14H12Cl2O2. The molecule has 0 amide bonds. The standard InChI is InChI=1S/C14H12Cl2O2/c1-9-6-12(3-4-13(9)16)18-14-5-2-11(15)7-10(14)8-17/h2-7,17H,8H2,1H3. The first kappa shape index (κ1) is 13.2. The third-order valence-corrected chi connectivity index (χ3v) is 3.21. The van der Waals surface area contributed by atoms with Crippen LogP contribution in [0, 0.1) is 6.92 Å². The van der Waals surface area contributed by atoms with E-state index >= 15 is 0 Å². The normalized spacial score (nSPS) is 10.4. The van der Waals surface area contributed by atoms with E-state index in [4.69, 9.17) is 27.9 Å². The van der Waals surface area contributed by atoms with Crippen LogP contribution < -0.4 is 4.74 Å². The fourth-order valence-corrected chi connectivity index (χ4v) is 1.89. The second-order valence-electron chi connectivity index (χ2n) is 3.92. The van der Waals surface area contributed by atoms with Gasteiger partial charge in [0.2, 0.25) is 0 Å². The molecule has 2 rings (SSSR count). The Kier molecular flexibility index (Phi) is 4.12. The Balaban J connectivity index is 2.30. The largest absolute Gasteiger partial charge is 0.457 e. The Bertz CT molecular complexity index is 568. The summed E-state index contributed by atoms with van der Waals surface area (Å²) in [5.41, 5.74) is 1.59. The molecule has 0 aliphatic carbocycles. The lowest BCUT2D eigenvalue weighted by Crippen LogP contribution is -1.92. The summed E-state index contributed by atoms with van der Waals surface area (Å²) in [5, 5.41) is 10.5. The molecular weight excluding hydrogens is 271 g/mol. The monoisotopic (exact) mass is 282 g/mol. The highest BCUT2D eigenvalue weighted by atomic mass is 35.5. The van der Waals surface area contributed by atoms with Crippen LogP contribution in [0.2, 0.25) is 10.0 Å². The van der Waals surface area contributed by atoms with E-state index in [0.717, 1.165) is 5.56 Å². The second-order valence-corrected chi connectivity index (χ2v) is 4.77. The van der Waals surface area contributed by atoms with Gasteiger partial charge in [0.05, 0.1) is 6.61 Å². The Morgan fingerprint density at radius 1 is 1.11 bits per heavy atom. The van der Waals surface area contributed by atoms with Crippen molar-refractivity contribution in [2.45, 2.75) is 13.5 Å². The number of benzene rings is 2. The van der Waals surface area contributed by atoms with Crippen molar-refractivity contribution in [1.29, 1.82) is 0 Å². The van der Waals surface area contributed by atoms with E-state index in [-0.39, 0.29) is 6.61 Å². The number of halogens is 2. The Morgan fingerprint density at radius 2 is 1.89 bits per heavy atom. The van der Waals surface area contributed by atoms with E-state index in [1.807, 2.05) is 13.0 Å². The molecule has 0 aliphatic heterocycles. The summed E-state index contributed by atoms with van der Waals surface area (Å²) in [6, 6.07) is 10.5. The molecule has 94 valence electrons. The fraction of sp³-hybridized carbons (Fsp3) is 0.143. The van der Waals surface area contributed by atoms with Gasteiger partial charge in [-0.1, -0.05) is 23.2 Å². The summed E-state index contributed by atoms with van der Waals surface area (Å²) < 4.78 is 5.71. The van der Waals surface area contributed by atoms with Gasteiger partial charge in [-0.05, 0) is 48.9 Å². The van der Waals surface area contributed by atoms with Crippen LogP contribution in [-0.2, 0) is 6.61 Å². The zero-order valence-corrected chi connectivity index (χ0v) is 11.3. The molecule has 2 aromatic rings. The van der Waals surface area contributed by atoms with E-state index in [0.29, 0.717) is 27.1 Å². The Hall–Kier alpha value is -1.22. The molecule has 0 heterocycles. The summed E-state index contributed by atoms with van der Waals surface area (Å²) in [7, 11) is 0. The summed E-state index contributed by atoms with van der Waals surface area (Å²) in [6.07, 6.45) is 0. The molecule has 0 bridgehead atoms. The number of rotatable bonds is 3. The van der Waals surface area contributed by atoms with Crippen LogP contribution in [0.15, 0.2) is 36.4 Å². The maximum absolute atomic E-state index is 9.26. The average Bonchev–Trinajstić information content (AvgIpc) is 2.36. The molecule has 0 unspecified atom stereocenters. The van der Waals surface area contributed by atoms with E-state index in [1.54, 1.807) is 30.3 Å². The lowest BCUT2D eigenvalue weighted by Gasteiger charge is -2.11. The van der Waals surface area contributed by atoms with Gasteiger partial charge >= 0.3 is 0 Å². The van der Waals surface area contributed by atoms with Crippen LogP contribution in [-0.4, -0.2) is 5.11 Å². The van der Waals surface area contributed by atoms with Gasteiger partial charge < -0.3 is 9.84 Å². The minimum Gasteiger partial charge on any atom is -0.457 e. The van der Waals surface area contributed by atoms with Crippen LogP contribution >= 0.6 is 23.2 Å². The number of aliphatic hydroxyl groups excluding tert-OH is 1. The van der Waals surface area contributed by atoms with Gasteiger partial charge in [-0.15, -0.1) is 0 Å². The zero-order valence-electron chi connectivity index (χ0n) is 9.78. The third kappa shape index (κ3) is 2.96. The number of aryl methyl sites for hydroxylation is 1. The molecule has 18 heavy (non-hydrogen) atoms. The number of hydrogen-bond donors (Lipinski definition) is 1. The van der Waals surface area contributed by atoms with Gasteiger partial charge in [0.15, 0.2) is 0 Å². The van der Waals surface area contributed by atoms with E-state index in [1.165, 1.54) is 0 Å². The molecule has 0 atom stereocenters. The van der Waals surface area contributed by atoms with E-state index < -0.39 is 0 Å². The molecule has 0 spiro atoms. The number of hydrogen-bond acceptors (Lipinski definition) is 2. The molecule has 1 N–H and O–H groups in total. The Labute approximate surface area is 116 Å². The topological polar surface area (TPSA) is 29.5 Å². The fourth-order valence-electron chi connectivity index (χ4n) is 1.58. The average molecular weight is 283 g/mol. The van der Waals surface area contributed by atoms with Crippen molar-refractivity contribution in [2.24, 2.45) is 0 Å². The van der Waals surface area contributed by atoms with Crippen LogP contribution in [0.5, 0.6) is 11.5 Å². The minimum absolute atomic E-state index is 0.123. The summed E-state index contributed by atoms with van der Waals surface area (Å²) in [5.74, 6) is 1.26. The lowest BCUT2D eigenvalue weighted by molar-refractivity contribution is 0.276. The van der Waals surface area contributed by atoms with Gasteiger partial charge in [0.1, 0.15) is 11.5 Å². The molecule has 0 radical (unpaired) electrons. The zero-order chi connectivity index (χ0) is 13.1. The van der Waals surface area contributed by atoms with Crippen molar-refractivity contribution in [2.75, 3.05) is 0 Å². The SMILES string of the molecule is Cc1cc(Oc2ccc(Cl)cc2CO)ccc1Cl. The predicted molar refractivity (Wildman–Crippen MR) is 73.6 cm³/mol. The van der Waals surface area contributed by atoms with Crippen molar-refractivity contribution in [3.63, 3.8) is 0 Å². The van der Waals surface area contributed by atoms with Crippen LogP contribution in [0.4, 0.5) is 0 Å². The van der Waals surface area contributed by atoms with Gasteiger partial charge in [0.25, 0.3) is 0 Å². The highest BCUT2D eigenvalue weighted by molar-refractivity contribution is 6.31. The summed E-state index contributed by atoms with van der Waals surface area (Å²) in [6.45, 7) is 1.78. The summed E-state index contributed by atoms with van der Waals surface area (Å²) in [4.78, 5) is 0.